The minimum atomic E-state index is -0.597. The van der Waals surface area contributed by atoms with E-state index in [2.05, 4.69) is 37.3 Å². The van der Waals surface area contributed by atoms with Gasteiger partial charge in [0.25, 0.3) is 0 Å². The molecular formula is C31H30ClF2N5O3. The number of ether oxygens (including phenoxy) is 3. The van der Waals surface area contributed by atoms with E-state index in [1.54, 1.807) is 19.1 Å². The number of halogens is 3. The highest BCUT2D eigenvalue weighted by atomic mass is 35.5. The van der Waals surface area contributed by atoms with Crippen molar-refractivity contribution in [2.45, 2.75) is 13.5 Å². The summed E-state index contributed by atoms with van der Waals surface area (Å²) >= 11 is 6.42. The number of morpholine rings is 1. The molecule has 0 saturated carbocycles. The molecule has 8 nitrogen and oxygen atoms in total. The second-order valence-electron chi connectivity index (χ2n) is 9.48. The Morgan fingerprint density at radius 1 is 1.02 bits per heavy atom. The van der Waals surface area contributed by atoms with E-state index in [1.807, 2.05) is 12.1 Å². The van der Waals surface area contributed by atoms with Gasteiger partial charge in [-0.1, -0.05) is 29.7 Å². The van der Waals surface area contributed by atoms with Crippen molar-refractivity contribution in [3.8, 4) is 23.3 Å². The third-order valence-electron chi connectivity index (χ3n) is 6.61. The van der Waals surface area contributed by atoms with Crippen LogP contribution in [-0.2, 0) is 11.3 Å². The largest absolute Gasteiger partial charge is 0.490 e. The van der Waals surface area contributed by atoms with Crippen LogP contribution in [0.25, 0.3) is 10.9 Å². The molecule has 1 fully saturated rings. The van der Waals surface area contributed by atoms with Crippen molar-refractivity contribution in [3.05, 3.63) is 77.1 Å². The van der Waals surface area contributed by atoms with E-state index < -0.39 is 5.82 Å². The van der Waals surface area contributed by atoms with Gasteiger partial charge in [0.05, 0.1) is 41.7 Å². The van der Waals surface area contributed by atoms with Crippen molar-refractivity contribution < 1.29 is 23.0 Å². The van der Waals surface area contributed by atoms with Gasteiger partial charge in [-0.15, -0.1) is 5.92 Å². The molecule has 1 aliphatic rings. The highest BCUT2D eigenvalue weighted by Gasteiger charge is 2.16. The van der Waals surface area contributed by atoms with Gasteiger partial charge in [0.15, 0.2) is 0 Å². The highest BCUT2D eigenvalue weighted by molar-refractivity contribution is 6.32. The van der Waals surface area contributed by atoms with E-state index in [0.717, 1.165) is 32.8 Å². The maximum absolute atomic E-state index is 15.2. The number of nitrogens with zero attached hydrogens (tertiary/aromatic N) is 3. The van der Waals surface area contributed by atoms with Crippen molar-refractivity contribution in [1.29, 1.82) is 0 Å². The molecule has 1 saturated heterocycles. The van der Waals surface area contributed by atoms with Gasteiger partial charge in [-0.25, -0.2) is 18.7 Å². The van der Waals surface area contributed by atoms with E-state index in [9.17, 15) is 4.39 Å². The molecule has 0 aliphatic carbocycles. The first-order valence-electron chi connectivity index (χ1n) is 13.5. The van der Waals surface area contributed by atoms with Crippen LogP contribution < -0.4 is 20.1 Å². The number of fused-ring (bicyclic) bond motifs is 1. The maximum Gasteiger partial charge on any atom is 0.150 e. The fourth-order valence-corrected chi connectivity index (χ4v) is 4.65. The molecular weight excluding hydrogens is 564 g/mol. The van der Waals surface area contributed by atoms with Crippen LogP contribution in [0.15, 0.2) is 54.9 Å². The molecule has 0 amide bonds. The zero-order chi connectivity index (χ0) is 29.3. The van der Waals surface area contributed by atoms with Crippen molar-refractivity contribution in [2.24, 2.45) is 0 Å². The van der Waals surface area contributed by atoms with E-state index >= 15 is 4.39 Å². The minimum absolute atomic E-state index is 0.0370. The van der Waals surface area contributed by atoms with Crippen LogP contribution in [0.1, 0.15) is 12.5 Å². The quantitative estimate of drug-likeness (QED) is 0.204. The number of hydrogen-bond acceptors (Lipinski definition) is 8. The zero-order valence-electron chi connectivity index (χ0n) is 23.1. The Hall–Kier alpha value is -4.17. The van der Waals surface area contributed by atoms with E-state index in [-0.39, 0.29) is 28.9 Å². The fourth-order valence-electron chi connectivity index (χ4n) is 4.43. The lowest BCUT2D eigenvalue weighted by atomic mass is 10.1. The van der Waals surface area contributed by atoms with Crippen molar-refractivity contribution in [1.82, 2.24) is 14.9 Å². The summed E-state index contributed by atoms with van der Waals surface area (Å²) in [5, 5.41) is 7.16. The summed E-state index contributed by atoms with van der Waals surface area (Å²) in [5.41, 5.74) is 2.03. The lowest BCUT2D eigenvalue weighted by molar-refractivity contribution is 0.0323. The molecule has 218 valence electrons. The van der Waals surface area contributed by atoms with Crippen LogP contribution in [0, 0.1) is 23.5 Å². The number of aromatic nitrogens is 2. The van der Waals surface area contributed by atoms with Crippen LogP contribution in [0.5, 0.6) is 11.5 Å². The van der Waals surface area contributed by atoms with Crippen molar-refractivity contribution in [3.63, 3.8) is 0 Å². The molecule has 1 aliphatic heterocycles. The maximum atomic E-state index is 15.2. The molecule has 2 heterocycles. The summed E-state index contributed by atoms with van der Waals surface area (Å²) in [6.07, 6.45) is 1.40. The van der Waals surface area contributed by atoms with Gasteiger partial charge in [0.1, 0.15) is 48.5 Å². The molecule has 0 radical (unpaired) electrons. The fraction of sp³-hybridized carbons (Fsp3) is 0.290. The summed E-state index contributed by atoms with van der Waals surface area (Å²) in [6, 6.07) is 12.3. The Morgan fingerprint density at radius 2 is 1.88 bits per heavy atom. The summed E-state index contributed by atoms with van der Waals surface area (Å²) in [6.45, 7) is 6.69. The van der Waals surface area contributed by atoms with Crippen molar-refractivity contribution >= 4 is 39.7 Å². The predicted octanol–water partition coefficient (Wildman–Crippen LogP) is 6.03. The third-order valence-corrected chi connectivity index (χ3v) is 6.90. The molecule has 1 aromatic heterocycles. The van der Waals surface area contributed by atoms with Crippen LogP contribution >= 0.6 is 11.6 Å². The lowest BCUT2D eigenvalue weighted by Gasteiger charge is -2.26. The van der Waals surface area contributed by atoms with Gasteiger partial charge < -0.3 is 24.8 Å². The second-order valence-corrected chi connectivity index (χ2v) is 9.88. The summed E-state index contributed by atoms with van der Waals surface area (Å²) in [7, 11) is 0. The Morgan fingerprint density at radius 3 is 2.69 bits per heavy atom. The van der Waals surface area contributed by atoms with E-state index in [0.29, 0.717) is 46.9 Å². The average molecular weight is 594 g/mol. The van der Waals surface area contributed by atoms with Crippen LogP contribution in [0.2, 0.25) is 5.02 Å². The first-order valence-corrected chi connectivity index (χ1v) is 13.9. The van der Waals surface area contributed by atoms with Crippen molar-refractivity contribution in [2.75, 3.05) is 56.6 Å². The minimum Gasteiger partial charge on any atom is -0.490 e. The first-order chi connectivity index (χ1) is 20.5. The number of hydrogen-bond donors (Lipinski definition) is 2. The third kappa shape index (κ3) is 7.56. The van der Waals surface area contributed by atoms with Gasteiger partial charge in [0.2, 0.25) is 0 Å². The normalized spacial score (nSPS) is 13.3. The standard InChI is InChI=1S/C31H30ClF2N5O3/c1-2-3-7-35-28-15-23-26(18-30(28)41-13-10-39-8-11-40-12-9-39)36-20-37-31(23)38-27-16-24(32)29(17-25(27)34)42-19-21-5-4-6-22(33)14-21/h4-6,14-18,20,35H,7-13,19H2,1H3,(H,36,37,38). The molecule has 0 bridgehead atoms. The van der Waals surface area contributed by atoms with Gasteiger partial charge in [-0.2, -0.15) is 0 Å². The number of anilines is 3. The molecule has 2 N–H and O–H groups in total. The Bertz CT molecular complexity index is 1610. The molecule has 0 spiro atoms. The molecule has 4 aromatic rings. The summed E-state index contributed by atoms with van der Waals surface area (Å²) in [4.78, 5) is 11.1. The molecule has 5 rings (SSSR count). The monoisotopic (exact) mass is 593 g/mol. The van der Waals surface area contributed by atoms with Gasteiger partial charge in [0, 0.05) is 37.2 Å². The molecule has 0 unspecified atom stereocenters. The van der Waals surface area contributed by atoms with Gasteiger partial charge in [-0.3, -0.25) is 4.90 Å². The van der Waals surface area contributed by atoms with Crippen LogP contribution in [-0.4, -0.2) is 60.9 Å². The van der Waals surface area contributed by atoms with Crippen LogP contribution in [0.4, 0.5) is 26.0 Å². The van der Waals surface area contributed by atoms with E-state index in [4.69, 9.17) is 25.8 Å². The average Bonchev–Trinajstić information content (AvgIpc) is 2.99. The molecule has 42 heavy (non-hydrogen) atoms. The van der Waals surface area contributed by atoms with E-state index in [1.165, 1.54) is 30.6 Å². The number of nitrogens with one attached hydrogen (secondary N) is 2. The lowest BCUT2D eigenvalue weighted by Crippen LogP contribution is -2.38. The Balaban J connectivity index is 1.35. The first kappa shape index (κ1) is 29.3. The number of rotatable bonds is 11. The highest BCUT2D eigenvalue weighted by Crippen LogP contribution is 2.36. The number of benzene rings is 3. The molecule has 0 atom stereocenters. The second kappa shape index (κ2) is 14.1. The smallest absolute Gasteiger partial charge is 0.150 e. The predicted molar refractivity (Wildman–Crippen MR) is 160 cm³/mol. The van der Waals surface area contributed by atoms with Gasteiger partial charge in [-0.05, 0) is 36.8 Å². The molecule has 11 heteroatoms. The van der Waals surface area contributed by atoms with Crippen LogP contribution in [0.3, 0.4) is 0 Å². The Labute approximate surface area is 248 Å². The summed E-state index contributed by atoms with van der Waals surface area (Å²) < 4.78 is 45.9. The SMILES string of the molecule is CC#CCNc1cc2c(Nc3cc(Cl)c(OCc4cccc(F)c4)cc3F)ncnc2cc1OCCN1CCOCC1. The summed E-state index contributed by atoms with van der Waals surface area (Å²) in [5.74, 6) is 6.04. The Kier molecular flexibility index (Phi) is 9.87. The topological polar surface area (TPSA) is 80.8 Å². The van der Waals surface area contributed by atoms with Gasteiger partial charge >= 0.3 is 0 Å². The zero-order valence-corrected chi connectivity index (χ0v) is 23.8. The molecule has 3 aromatic carbocycles.